The molecular formula is C34H52BrN3O3S. The van der Waals surface area contributed by atoms with Gasteiger partial charge in [-0.2, -0.15) is 0 Å². The van der Waals surface area contributed by atoms with E-state index in [2.05, 4.69) is 40.9 Å². The predicted octanol–water partition coefficient (Wildman–Crippen LogP) is 9.68. The third kappa shape index (κ3) is 12.9. The average Bonchev–Trinajstić information content (AvgIpc) is 3.51. The van der Waals surface area contributed by atoms with Gasteiger partial charge in [0.05, 0.1) is 26.1 Å². The minimum absolute atomic E-state index is 0. The Balaban J connectivity index is 0.00000616. The summed E-state index contributed by atoms with van der Waals surface area (Å²) in [6.07, 6.45) is 18.0. The van der Waals surface area contributed by atoms with Crippen molar-refractivity contribution in [1.29, 1.82) is 0 Å². The number of rotatable bonds is 20. The number of methoxy groups -OCH3 is 1. The van der Waals surface area contributed by atoms with Gasteiger partial charge in [-0.05, 0) is 47.2 Å². The number of benzene rings is 2. The summed E-state index contributed by atoms with van der Waals surface area (Å²) in [6, 6.07) is 14.0. The summed E-state index contributed by atoms with van der Waals surface area (Å²) < 4.78 is 11.7. The number of nitrogens with zero attached hydrogens (tertiary/aromatic N) is 2. The molecule has 1 N–H and O–H groups in total. The van der Waals surface area contributed by atoms with Gasteiger partial charge in [-0.1, -0.05) is 95.8 Å². The minimum atomic E-state index is -0.147. The van der Waals surface area contributed by atoms with Crippen LogP contribution in [0.25, 0.3) is 0 Å². The molecule has 1 aliphatic rings. The van der Waals surface area contributed by atoms with Gasteiger partial charge in [0, 0.05) is 25.5 Å². The van der Waals surface area contributed by atoms with Crippen LogP contribution in [0.1, 0.15) is 95.1 Å². The lowest BCUT2D eigenvalue weighted by molar-refractivity contribution is 0.248. The third-order valence-corrected chi connectivity index (χ3v) is 8.32. The zero-order valence-electron chi connectivity index (χ0n) is 25.9. The maximum Gasteiger partial charge on any atom is 0.321 e. The van der Waals surface area contributed by atoms with Crippen molar-refractivity contribution >= 4 is 40.5 Å². The Morgan fingerprint density at radius 2 is 1.50 bits per heavy atom. The van der Waals surface area contributed by atoms with Gasteiger partial charge in [-0.15, -0.1) is 28.7 Å². The zero-order chi connectivity index (χ0) is 29.1. The maximum absolute atomic E-state index is 12.8. The van der Waals surface area contributed by atoms with E-state index in [0.29, 0.717) is 13.2 Å². The Hall–Kier alpha value is -2.32. The summed E-state index contributed by atoms with van der Waals surface area (Å²) in [7, 11) is 3.33. The molecule has 6 nitrogen and oxygen atoms in total. The molecule has 3 rings (SSSR count). The van der Waals surface area contributed by atoms with Crippen LogP contribution in [0.5, 0.6) is 11.5 Å². The minimum Gasteiger partial charge on any atom is -0.493 e. The Labute approximate surface area is 269 Å². The van der Waals surface area contributed by atoms with Crippen molar-refractivity contribution in [3.05, 3.63) is 65.2 Å². The summed E-state index contributed by atoms with van der Waals surface area (Å²) in [5.74, 6) is 2.43. The summed E-state index contributed by atoms with van der Waals surface area (Å²) in [4.78, 5) is 16.9. The van der Waals surface area contributed by atoms with Crippen LogP contribution in [0, 0.1) is 0 Å². The highest BCUT2D eigenvalue weighted by Gasteiger charge is 2.17. The lowest BCUT2D eigenvalue weighted by Gasteiger charge is -2.24. The number of carbonyl (C=O) groups is 1. The first-order chi connectivity index (χ1) is 20.1. The fraction of sp³-hybridized carbons (Fsp3) is 0.559. The zero-order valence-corrected chi connectivity index (χ0v) is 28.5. The number of thioether (sulfide) groups is 1. The maximum atomic E-state index is 12.8. The predicted molar refractivity (Wildman–Crippen MR) is 184 cm³/mol. The van der Waals surface area contributed by atoms with E-state index in [4.69, 9.17) is 9.47 Å². The van der Waals surface area contributed by atoms with Crippen LogP contribution < -0.4 is 19.7 Å². The highest BCUT2D eigenvalue weighted by atomic mass is 79.9. The summed E-state index contributed by atoms with van der Waals surface area (Å²) in [5, 5.41) is 4.90. The molecule has 0 fully saturated rings. The van der Waals surface area contributed by atoms with Gasteiger partial charge in [0.25, 0.3) is 0 Å². The largest absolute Gasteiger partial charge is 0.493 e. The highest BCUT2D eigenvalue weighted by molar-refractivity contribution is 8.93. The first kappa shape index (κ1) is 35.9. The van der Waals surface area contributed by atoms with Crippen LogP contribution >= 0.6 is 28.7 Å². The highest BCUT2D eigenvalue weighted by Crippen LogP contribution is 2.30. The molecule has 0 aromatic heterocycles. The van der Waals surface area contributed by atoms with E-state index in [0.717, 1.165) is 41.6 Å². The molecule has 2 amide bonds. The molecule has 2 aromatic rings. The SMILES string of the molecule is Br.CCCCCCCCCCCCCCOc1cc(CN(C(=O)NC)c2ccc(CN3C=CSC3)cc2)ccc1OC. The topological polar surface area (TPSA) is 54.0 Å². The van der Waals surface area contributed by atoms with Crippen LogP contribution in [0.3, 0.4) is 0 Å². The molecule has 42 heavy (non-hydrogen) atoms. The number of anilines is 1. The van der Waals surface area contributed by atoms with Crippen molar-refractivity contribution in [2.75, 3.05) is 31.5 Å². The molecule has 1 aliphatic heterocycles. The van der Waals surface area contributed by atoms with Crippen molar-refractivity contribution < 1.29 is 14.3 Å². The van der Waals surface area contributed by atoms with E-state index < -0.39 is 0 Å². The molecule has 2 aromatic carbocycles. The van der Waals surface area contributed by atoms with Gasteiger partial charge in [-0.25, -0.2) is 4.79 Å². The molecule has 0 saturated carbocycles. The Morgan fingerprint density at radius 3 is 2.07 bits per heavy atom. The fourth-order valence-electron chi connectivity index (χ4n) is 5.08. The Bertz CT molecular complexity index is 1050. The van der Waals surface area contributed by atoms with Crippen molar-refractivity contribution in [3.8, 4) is 11.5 Å². The fourth-order valence-corrected chi connectivity index (χ4v) is 5.79. The average molecular weight is 663 g/mol. The number of amides is 2. The van der Waals surface area contributed by atoms with Gasteiger partial charge < -0.3 is 19.7 Å². The molecule has 0 atom stereocenters. The molecule has 0 spiro atoms. The lowest BCUT2D eigenvalue weighted by atomic mass is 10.1. The number of hydrogen-bond donors (Lipinski definition) is 1. The van der Waals surface area contributed by atoms with E-state index in [1.54, 1.807) is 30.8 Å². The van der Waals surface area contributed by atoms with Crippen LogP contribution in [-0.4, -0.2) is 37.6 Å². The van der Waals surface area contributed by atoms with E-state index >= 15 is 0 Å². The molecule has 1 heterocycles. The smallest absolute Gasteiger partial charge is 0.321 e. The Kier molecular flexibility index (Phi) is 18.3. The van der Waals surface area contributed by atoms with Gasteiger partial charge in [0.1, 0.15) is 0 Å². The monoisotopic (exact) mass is 661 g/mol. The molecule has 0 unspecified atom stereocenters. The lowest BCUT2D eigenvalue weighted by Crippen LogP contribution is -2.37. The van der Waals surface area contributed by atoms with Crippen molar-refractivity contribution in [2.45, 2.75) is 97.1 Å². The normalized spacial score (nSPS) is 12.2. The van der Waals surface area contributed by atoms with E-state index in [1.165, 1.54) is 76.2 Å². The number of nitrogens with one attached hydrogen (secondary N) is 1. The van der Waals surface area contributed by atoms with Gasteiger partial charge in [0.2, 0.25) is 0 Å². The second-order valence-corrected chi connectivity index (χ2v) is 11.7. The van der Waals surface area contributed by atoms with E-state index in [1.807, 2.05) is 30.3 Å². The van der Waals surface area contributed by atoms with Gasteiger partial charge >= 0.3 is 6.03 Å². The van der Waals surface area contributed by atoms with Crippen molar-refractivity contribution in [1.82, 2.24) is 10.2 Å². The van der Waals surface area contributed by atoms with Gasteiger partial charge in [0.15, 0.2) is 11.5 Å². The van der Waals surface area contributed by atoms with Crippen LogP contribution in [0.4, 0.5) is 10.5 Å². The van der Waals surface area contributed by atoms with Crippen LogP contribution in [0.2, 0.25) is 0 Å². The quantitative estimate of drug-likeness (QED) is 0.143. The Morgan fingerprint density at radius 1 is 0.881 bits per heavy atom. The molecule has 0 aliphatic carbocycles. The number of halogens is 1. The van der Waals surface area contributed by atoms with Crippen LogP contribution in [-0.2, 0) is 13.1 Å². The second kappa shape index (κ2) is 21.4. The molecule has 0 saturated heterocycles. The van der Waals surface area contributed by atoms with Gasteiger partial charge in [-0.3, -0.25) is 4.90 Å². The molecule has 0 radical (unpaired) electrons. The number of hydrogen-bond acceptors (Lipinski definition) is 5. The summed E-state index contributed by atoms with van der Waals surface area (Å²) in [6.45, 7) is 4.24. The van der Waals surface area contributed by atoms with E-state index in [-0.39, 0.29) is 23.0 Å². The first-order valence-electron chi connectivity index (χ1n) is 15.5. The summed E-state index contributed by atoms with van der Waals surface area (Å²) >= 11 is 1.80. The second-order valence-electron chi connectivity index (χ2n) is 10.9. The molecular weight excluding hydrogens is 610 g/mol. The number of urea groups is 1. The van der Waals surface area contributed by atoms with E-state index in [9.17, 15) is 4.79 Å². The number of ether oxygens (including phenoxy) is 2. The first-order valence-corrected chi connectivity index (χ1v) is 16.6. The number of carbonyl (C=O) groups excluding carboxylic acids is 1. The third-order valence-electron chi connectivity index (χ3n) is 7.53. The summed E-state index contributed by atoms with van der Waals surface area (Å²) in [5.41, 5.74) is 3.06. The molecule has 234 valence electrons. The molecule has 8 heteroatoms. The molecule has 0 bridgehead atoms. The van der Waals surface area contributed by atoms with Crippen LogP contribution in [0.15, 0.2) is 54.1 Å². The number of unbranched alkanes of at least 4 members (excludes halogenated alkanes) is 11. The standard InChI is InChI=1S/C34H51N3O3S.BrH/c1-4-5-6-7-8-9-10-11-12-13-14-15-23-40-33-25-30(18-21-32(33)39-3)27-37(34(38)35-2)31-19-16-29(17-20-31)26-36-22-24-41-28-36;/h16-22,24-25H,4-15,23,26-28H2,1-3H3,(H,35,38);1H. The van der Waals surface area contributed by atoms with Crippen molar-refractivity contribution in [2.24, 2.45) is 0 Å². The van der Waals surface area contributed by atoms with Crippen molar-refractivity contribution in [3.63, 3.8) is 0 Å².